The summed E-state index contributed by atoms with van der Waals surface area (Å²) in [5.74, 6) is -1.72. The lowest BCUT2D eigenvalue weighted by molar-refractivity contribution is -0.384. The number of hydrogen-bond acceptors (Lipinski definition) is 7. The molecular weight excluding hydrogens is 434 g/mol. The zero-order chi connectivity index (χ0) is 23.4. The number of carbonyl (C=O) groups excluding carboxylic acids is 3. The van der Waals surface area contributed by atoms with Gasteiger partial charge < -0.3 is 15.4 Å². The van der Waals surface area contributed by atoms with Crippen LogP contribution in [0.15, 0.2) is 48.5 Å². The van der Waals surface area contributed by atoms with Crippen molar-refractivity contribution in [2.45, 2.75) is 13.8 Å². The molecule has 10 heteroatoms. The van der Waals surface area contributed by atoms with Gasteiger partial charge in [0.15, 0.2) is 0 Å². The molecule has 0 atom stereocenters. The smallest absolute Gasteiger partial charge is 0.341 e. The minimum absolute atomic E-state index is 0.0714. The average molecular weight is 453 g/mol. The molecule has 0 unspecified atom stereocenters. The van der Waals surface area contributed by atoms with E-state index in [0.29, 0.717) is 11.3 Å². The van der Waals surface area contributed by atoms with Crippen molar-refractivity contribution in [1.82, 2.24) is 0 Å². The summed E-state index contributed by atoms with van der Waals surface area (Å²) in [6.45, 7) is 3.49. The number of carbonyl (C=O) groups is 3. The lowest BCUT2D eigenvalue weighted by Gasteiger charge is -2.06. The predicted molar refractivity (Wildman–Crippen MR) is 121 cm³/mol. The number of nitro benzene ring substituents is 1. The summed E-state index contributed by atoms with van der Waals surface area (Å²) in [5, 5.41) is 16.3. The van der Waals surface area contributed by atoms with E-state index in [1.807, 2.05) is 19.1 Å². The number of anilines is 2. The van der Waals surface area contributed by atoms with Gasteiger partial charge in [0.05, 0.1) is 22.5 Å². The second-order valence-corrected chi connectivity index (χ2v) is 7.85. The maximum atomic E-state index is 12.9. The fourth-order valence-corrected chi connectivity index (χ4v) is 4.07. The number of esters is 1. The van der Waals surface area contributed by atoms with E-state index in [9.17, 15) is 24.5 Å². The van der Waals surface area contributed by atoms with Crippen LogP contribution in [0.3, 0.4) is 0 Å². The van der Waals surface area contributed by atoms with Crippen LogP contribution >= 0.6 is 11.3 Å². The number of non-ortho nitro benzene ring substituents is 1. The second-order valence-electron chi connectivity index (χ2n) is 6.83. The number of hydrogen-bond donors (Lipinski definition) is 2. The Morgan fingerprint density at radius 1 is 1.00 bits per heavy atom. The van der Waals surface area contributed by atoms with Gasteiger partial charge in [0.25, 0.3) is 17.5 Å². The highest BCUT2D eigenvalue weighted by atomic mass is 32.1. The number of benzene rings is 2. The predicted octanol–water partition coefficient (Wildman–Crippen LogP) is 4.56. The third-order valence-electron chi connectivity index (χ3n) is 4.59. The summed E-state index contributed by atoms with van der Waals surface area (Å²) in [7, 11) is 1.20. The summed E-state index contributed by atoms with van der Waals surface area (Å²) < 4.78 is 4.82. The Bertz CT molecular complexity index is 1220. The Morgan fingerprint density at radius 2 is 1.69 bits per heavy atom. The van der Waals surface area contributed by atoms with Crippen LogP contribution in [-0.2, 0) is 4.74 Å². The molecule has 0 aliphatic heterocycles. The number of nitrogens with zero attached hydrogens (tertiary/aromatic N) is 1. The van der Waals surface area contributed by atoms with Crippen molar-refractivity contribution in [2.75, 3.05) is 17.7 Å². The molecule has 164 valence electrons. The molecule has 2 N–H and O–H groups in total. The zero-order valence-corrected chi connectivity index (χ0v) is 18.2. The van der Waals surface area contributed by atoms with Gasteiger partial charge in [-0.05, 0) is 49.2 Å². The van der Waals surface area contributed by atoms with Crippen LogP contribution in [0.2, 0.25) is 0 Å². The van der Waals surface area contributed by atoms with Crippen molar-refractivity contribution in [3.63, 3.8) is 0 Å². The average Bonchev–Trinajstić information content (AvgIpc) is 3.09. The number of methoxy groups -OCH3 is 1. The summed E-state index contributed by atoms with van der Waals surface area (Å²) in [6.07, 6.45) is 0. The Balaban J connectivity index is 1.91. The van der Waals surface area contributed by atoms with Crippen LogP contribution in [-0.4, -0.2) is 29.8 Å². The molecule has 2 amide bonds. The quantitative estimate of drug-likeness (QED) is 0.320. The molecule has 0 aliphatic carbocycles. The van der Waals surface area contributed by atoms with E-state index in [1.165, 1.54) is 31.4 Å². The van der Waals surface area contributed by atoms with E-state index in [2.05, 4.69) is 10.6 Å². The Kier molecular flexibility index (Phi) is 6.64. The Hall–Kier alpha value is -4.05. The first-order valence-corrected chi connectivity index (χ1v) is 10.2. The molecule has 3 aromatic rings. The van der Waals surface area contributed by atoms with E-state index in [-0.39, 0.29) is 26.7 Å². The van der Waals surface area contributed by atoms with Gasteiger partial charge in [-0.3, -0.25) is 19.7 Å². The summed E-state index contributed by atoms with van der Waals surface area (Å²) in [5.41, 5.74) is 2.01. The number of ether oxygens (including phenoxy) is 1. The molecule has 1 heterocycles. The molecule has 2 aromatic carbocycles. The first-order valence-electron chi connectivity index (χ1n) is 9.36. The summed E-state index contributed by atoms with van der Waals surface area (Å²) in [6, 6.07) is 12.3. The van der Waals surface area contributed by atoms with Crippen LogP contribution in [0, 0.1) is 24.0 Å². The normalized spacial score (nSPS) is 10.3. The van der Waals surface area contributed by atoms with Gasteiger partial charge in [-0.25, -0.2) is 4.79 Å². The first kappa shape index (κ1) is 22.6. The lowest BCUT2D eigenvalue weighted by atomic mass is 10.1. The number of nitro groups is 1. The van der Waals surface area contributed by atoms with E-state index >= 15 is 0 Å². The van der Waals surface area contributed by atoms with E-state index < -0.39 is 22.7 Å². The van der Waals surface area contributed by atoms with Gasteiger partial charge in [0.1, 0.15) is 5.00 Å². The van der Waals surface area contributed by atoms with Gasteiger partial charge in [0, 0.05) is 23.4 Å². The topological polar surface area (TPSA) is 128 Å². The van der Waals surface area contributed by atoms with E-state index in [0.717, 1.165) is 16.9 Å². The minimum Gasteiger partial charge on any atom is -0.465 e. The van der Waals surface area contributed by atoms with E-state index in [4.69, 9.17) is 4.74 Å². The molecule has 0 spiro atoms. The highest BCUT2D eigenvalue weighted by molar-refractivity contribution is 7.19. The second kappa shape index (κ2) is 9.40. The van der Waals surface area contributed by atoms with Crippen LogP contribution in [0.25, 0.3) is 0 Å². The number of thiophene rings is 1. The molecule has 0 fully saturated rings. The molecule has 3 rings (SSSR count). The van der Waals surface area contributed by atoms with Crippen molar-refractivity contribution in [3.8, 4) is 0 Å². The van der Waals surface area contributed by atoms with E-state index in [1.54, 1.807) is 19.1 Å². The fourth-order valence-electron chi connectivity index (χ4n) is 2.99. The van der Waals surface area contributed by atoms with Crippen LogP contribution in [0.5, 0.6) is 0 Å². The molecule has 0 saturated carbocycles. The van der Waals surface area contributed by atoms with Crippen molar-refractivity contribution >= 4 is 45.5 Å². The van der Waals surface area contributed by atoms with Crippen LogP contribution in [0.1, 0.15) is 41.5 Å². The van der Waals surface area contributed by atoms with Gasteiger partial charge >= 0.3 is 5.97 Å². The number of aryl methyl sites for hydroxylation is 1. The third-order valence-corrected chi connectivity index (χ3v) is 5.79. The number of nitrogens with one attached hydrogen (secondary N) is 2. The summed E-state index contributed by atoms with van der Waals surface area (Å²) >= 11 is 0.939. The van der Waals surface area contributed by atoms with Gasteiger partial charge in [0.2, 0.25) is 0 Å². The number of rotatable bonds is 6. The van der Waals surface area contributed by atoms with Crippen molar-refractivity contribution < 1.29 is 24.0 Å². The number of amides is 2. The minimum atomic E-state index is -0.702. The molecule has 0 radical (unpaired) electrons. The maximum absolute atomic E-state index is 12.9. The molecular formula is C22H19N3O6S. The molecule has 0 aliphatic rings. The summed E-state index contributed by atoms with van der Waals surface area (Å²) in [4.78, 5) is 48.3. The Labute approximate surface area is 187 Å². The van der Waals surface area contributed by atoms with Gasteiger partial charge in [-0.15, -0.1) is 11.3 Å². The monoisotopic (exact) mass is 453 g/mol. The lowest BCUT2D eigenvalue weighted by Crippen LogP contribution is -2.14. The molecule has 9 nitrogen and oxygen atoms in total. The maximum Gasteiger partial charge on any atom is 0.341 e. The van der Waals surface area contributed by atoms with Crippen LogP contribution in [0.4, 0.5) is 16.4 Å². The largest absolute Gasteiger partial charge is 0.465 e. The van der Waals surface area contributed by atoms with Crippen LogP contribution < -0.4 is 10.6 Å². The van der Waals surface area contributed by atoms with Crippen molar-refractivity contribution in [2.24, 2.45) is 0 Å². The third kappa shape index (κ3) is 4.81. The van der Waals surface area contributed by atoms with Gasteiger partial charge in [-0.2, -0.15) is 0 Å². The molecule has 0 saturated heterocycles. The highest BCUT2D eigenvalue weighted by Crippen LogP contribution is 2.34. The van der Waals surface area contributed by atoms with Crippen molar-refractivity contribution in [1.29, 1.82) is 0 Å². The fraction of sp³-hybridized carbons (Fsp3) is 0.136. The van der Waals surface area contributed by atoms with Gasteiger partial charge in [-0.1, -0.05) is 12.1 Å². The van der Waals surface area contributed by atoms with Crippen molar-refractivity contribution in [3.05, 3.63) is 85.8 Å². The highest BCUT2D eigenvalue weighted by Gasteiger charge is 2.26. The molecule has 0 bridgehead atoms. The Morgan fingerprint density at radius 3 is 2.28 bits per heavy atom. The standard InChI is InChI=1S/C22H19N3O6S/c1-12-5-4-6-15(11-12)23-20(27)18-13(2)17(22(28)31-3)21(32-18)24-19(26)14-7-9-16(10-8-14)25(29)30/h4-11H,1-3H3,(H,23,27)(H,24,26). The first-order chi connectivity index (χ1) is 15.2. The molecule has 1 aromatic heterocycles. The molecule has 32 heavy (non-hydrogen) atoms. The SMILES string of the molecule is COC(=O)c1c(NC(=O)c2ccc([N+](=O)[O-])cc2)sc(C(=O)Nc2cccc(C)c2)c1C. The zero-order valence-electron chi connectivity index (χ0n) is 17.4.